The second kappa shape index (κ2) is 12.2. The van der Waals surface area contributed by atoms with Gasteiger partial charge in [-0.2, -0.15) is 0 Å². The fourth-order valence-electron chi connectivity index (χ4n) is 3.14. The number of amides is 2. The monoisotopic (exact) mass is 468 g/mol. The van der Waals surface area contributed by atoms with Crippen LogP contribution in [0, 0.1) is 0 Å². The number of carbonyl (C=O) groups is 2. The highest BCUT2D eigenvalue weighted by Crippen LogP contribution is 2.24. The first kappa shape index (κ1) is 24.5. The molecule has 0 aliphatic rings. The predicted octanol–water partition coefficient (Wildman–Crippen LogP) is 5.91. The second-order valence-corrected chi connectivity index (χ2v) is 8.39. The number of nitrogens with zero attached hydrogens (tertiary/aromatic N) is 1. The van der Waals surface area contributed by atoms with E-state index < -0.39 is 6.04 Å². The minimum atomic E-state index is -0.573. The molecule has 0 aliphatic heterocycles. The van der Waals surface area contributed by atoms with Crippen molar-refractivity contribution < 1.29 is 9.59 Å². The van der Waals surface area contributed by atoms with Gasteiger partial charge in [0.05, 0.1) is 16.5 Å². The summed E-state index contributed by atoms with van der Waals surface area (Å²) < 4.78 is 0. The van der Waals surface area contributed by atoms with Gasteiger partial charge in [-0.15, -0.1) is 0 Å². The highest BCUT2D eigenvalue weighted by Gasteiger charge is 2.28. The van der Waals surface area contributed by atoms with Crippen molar-refractivity contribution in [1.82, 2.24) is 10.2 Å². The van der Waals surface area contributed by atoms with Gasteiger partial charge in [-0.3, -0.25) is 9.59 Å². The van der Waals surface area contributed by atoms with Crippen molar-refractivity contribution in [2.24, 2.45) is 0 Å². The maximum absolute atomic E-state index is 13.2. The molecule has 1 atom stereocenters. The summed E-state index contributed by atoms with van der Waals surface area (Å²) in [5.74, 6) is -0.281. The average molecular weight is 470 g/mol. The van der Waals surface area contributed by atoms with Crippen LogP contribution in [-0.4, -0.2) is 29.3 Å². The van der Waals surface area contributed by atoms with E-state index in [4.69, 9.17) is 34.8 Å². The molecule has 2 rings (SSSR count). The van der Waals surface area contributed by atoms with Crippen LogP contribution in [0.3, 0.4) is 0 Å². The quantitative estimate of drug-likeness (QED) is 0.440. The van der Waals surface area contributed by atoms with Gasteiger partial charge in [0, 0.05) is 18.1 Å². The van der Waals surface area contributed by atoms with Crippen LogP contribution in [0.4, 0.5) is 0 Å². The Hall–Kier alpha value is -1.75. The number of carbonyl (C=O) groups excluding carboxylic acids is 2. The molecule has 0 aliphatic carbocycles. The number of nitrogens with one attached hydrogen (secondary N) is 1. The van der Waals surface area contributed by atoms with Crippen LogP contribution in [0.5, 0.6) is 0 Å². The smallest absolute Gasteiger partial charge is 0.242 e. The van der Waals surface area contributed by atoms with Gasteiger partial charge in [-0.05, 0) is 48.2 Å². The maximum Gasteiger partial charge on any atom is 0.242 e. The highest BCUT2D eigenvalue weighted by molar-refractivity contribution is 6.42. The Labute approximate surface area is 193 Å². The first-order valence-corrected chi connectivity index (χ1v) is 11.2. The molecule has 2 aromatic rings. The molecule has 0 radical (unpaired) electrons. The summed E-state index contributed by atoms with van der Waals surface area (Å²) in [6, 6.07) is 11.8. The van der Waals surface area contributed by atoms with Gasteiger partial charge in [-0.1, -0.05) is 73.3 Å². The van der Waals surface area contributed by atoms with Crippen LogP contribution in [0.1, 0.15) is 44.2 Å². The summed E-state index contributed by atoms with van der Waals surface area (Å²) in [5.41, 5.74) is 1.65. The van der Waals surface area contributed by atoms with E-state index in [2.05, 4.69) is 12.2 Å². The van der Waals surface area contributed by atoms with E-state index in [9.17, 15) is 9.59 Å². The standard InChI is InChI=1S/C23H27Cl3N2O2/c1-3-5-12-27-23(30)21(4-2)28(15-17-8-11-19(25)20(26)13-17)22(29)14-16-6-9-18(24)10-7-16/h6-11,13,21H,3-5,12,14-15H2,1-2H3,(H,27,30)/t21-/m0/s1. The fourth-order valence-corrected chi connectivity index (χ4v) is 3.59. The van der Waals surface area contributed by atoms with Crippen molar-refractivity contribution in [3.8, 4) is 0 Å². The summed E-state index contributed by atoms with van der Waals surface area (Å²) in [4.78, 5) is 27.7. The van der Waals surface area contributed by atoms with Crippen LogP contribution in [0.2, 0.25) is 15.1 Å². The molecule has 0 bridgehead atoms. The van der Waals surface area contributed by atoms with Crippen LogP contribution < -0.4 is 5.32 Å². The van der Waals surface area contributed by atoms with E-state index in [0.29, 0.717) is 28.0 Å². The van der Waals surface area contributed by atoms with Gasteiger partial charge < -0.3 is 10.2 Å². The summed E-state index contributed by atoms with van der Waals surface area (Å²) in [6.07, 6.45) is 2.57. The van der Waals surface area contributed by atoms with E-state index in [-0.39, 0.29) is 24.8 Å². The lowest BCUT2D eigenvalue weighted by Gasteiger charge is -2.31. The third-order valence-electron chi connectivity index (χ3n) is 4.82. The zero-order valence-corrected chi connectivity index (χ0v) is 19.5. The van der Waals surface area contributed by atoms with Crippen molar-refractivity contribution in [2.75, 3.05) is 6.54 Å². The van der Waals surface area contributed by atoms with Gasteiger partial charge in [-0.25, -0.2) is 0 Å². The molecule has 0 heterocycles. The van der Waals surface area contributed by atoms with Crippen LogP contribution >= 0.6 is 34.8 Å². The summed E-state index contributed by atoms with van der Waals surface area (Å²) >= 11 is 18.1. The molecule has 2 aromatic carbocycles. The number of rotatable bonds is 10. The number of hydrogen-bond acceptors (Lipinski definition) is 2. The lowest BCUT2D eigenvalue weighted by atomic mass is 10.1. The van der Waals surface area contributed by atoms with Crippen LogP contribution in [0.15, 0.2) is 42.5 Å². The fraction of sp³-hybridized carbons (Fsp3) is 0.391. The Bertz CT molecular complexity index is 856. The van der Waals surface area contributed by atoms with Gasteiger partial charge >= 0.3 is 0 Å². The molecule has 7 heteroatoms. The number of halogens is 3. The minimum absolute atomic E-state index is 0.138. The molecule has 4 nitrogen and oxygen atoms in total. The lowest BCUT2D eigenvalue weighted by molar-refractivity contribution is -0.140. The van der Waals surface area contributed by atoms with Gasteiger partial charge in [0.1, 0.15) is 6.04 Å². The molecule has 0 fully saturated rings. The lowest BCUT2D eigenvalue weighted by Crippen LogP contribution is -2.49. The summed E-state index contributed by atoms with van der Waals surface area (Å²) in [6.45, 7) is 4.83. The topological polar surface area (TPSA) is 49.4 Å². The summed E-state index contributed by atoms with van der Waals surface area (Å²) in [7, 11) is 0. The van der Waals surface area contributed by atoms with Gasteiger partial charge in [0.2, 0.25) is 11.8 Å². The number of benzene rings is 2. The third kappa shape index (κ3) is 7.19. The number of unbranched alkanes of at least 4 members (excludes halogenated alkanes) is 1. The predicted molar refractivity (Wildman–Crippen MR) is 124 cm³/mol. The Balaban J connectivity index is 2.26. The first-order chi connectivity index (χ1) is 14.3. The van der Waals surface area contributed by atoms with Crippen molar-refractivity contribution in [3.05, 3.63) is 68.7 Å². The van der Waals surface area contributed by atoms with Crippen molar-refractivity contribution in [3.63, 3.8) is 0 Å². The molecule has 0 spiro atoms. The minimum Gasteiger partial charge on any atom is -0.354 e. The maximum atomic E-state index is 13.2. The van der Waals surface area contributed by atoms with Crippen LogP contribution in [-0.2, 0) is 22.6 Å². The average Bonchev–Trinajstić information content (AvgIpc) is 2.72. The second-order valence-electron chi connectivity index (χ2n) is 7.14. The molecular weight excluding hydrogens is 443 g/mol. The first-order valence-electron chi connectivity index (χ1n) is 10.1. The van der Waals surface area contributed by atoms with Crippen molar-refractivity contribution in [1.29, 1.82) is 0 Å². The molecule has 162 valence electrons. The van der Waals surface area contributed by atoms with Crippen molar-refractivity contribution in [2.45, 2.75) is 52.1 Å². The molecule has 2 amide bonds. The molecule has 0 unspecified atom stereocenters. The Morgan fingerprint density at radius 1 is 0.967 bits per heavy atom. The molecular formula is C23H27Cl3N2O2. The van der Waals surface area contributed by atoms with Gasteiger partial charge in [0.25, 0.3) is 0 Å². The highest BCUT2D eigenvalue weighted by atomic mass is 35.5. The molecule has 30 heavy (non-hydrogen) atoms. The molecule has 0 saturated carbocycles. The van der Waals surface area contributed by atoms with E-state index in [1.807, 2.05) is 25.1 Å². The van der Waals surface area contributed by atoms with E-state index in [1.165, 1.54) is 0 Å². The van der Waals surface area contributed by atoms with Crippen LogP contribution in [0.25, 0.3) is 0 Å². The normalized spacial score (nSPS) is 11.8. The largest absolute Gasteiger partial charge is 0.354 e. The van der Waals surface area contributed by atoms with E-state index in [1.54, 1.807) is 29.2 Å². The Morgan fingerprint density at radius 2 is 1.63 bits per heavy atom. The zero-order valence-electron chi connectivity index (χ0n) is 17.3. The molecule has 0 aromatic heterocycles. The van der Waals surface area contributed by atoms with E-state index >= 15 is 0 Å². The Kier molecular flexibility index (Phi) is 9.96. The Morgan fingerprint density at radius 3 is 2.23 bits per heavy atom. The molecule has 1 N–H and O–H groups in total. The third-order valence-corrected chi connectivity index (χ3v) is 5.81. The SMILES string of the molecule is CCCCNC(=O)[C@H](CC)N(Cc1ccc(Cl)c(Cl)c1)C(=O)Cc1ccc(Cl)cc1. The summed E-state index contributed by atoms with van der Waals surface area (Å²) in [5, 5.41) is 4.43. The molecule has 0 saturated heterocycles. The number of hydrogen-bond donors (Lipinski definition) is 1. The zero-order chi connectivity index (χ0) is 22.1. The van der Waals surface area contributed by atoms with Crippen molar-refractivity contribution >= 4 is 46.6 Å². The van der Waals surface area contributed by atoms with Gasteiger partial charge in [0.15, 0.2) is 0 Å². The van der Waals surface area contributed by atoms with E-state index in [0.717, 1.165) is 24.0 Å².